The molecule has 2 N–H and O–H groups in total. The number of hydrogen-bond donors (Lipinski definition) is 2. The lowest BCUT2D eigenvalue weighted by Crippen LogP contribution is -2.54. The molecule has 1 amide bonds. The Morgan fingerprint density at radius 1 is 1.07 bits per heavy atom. The van der Waals surface area contributed by atoms with Gasteiger partial charge in [0.1, 0.15) is 6.54 Å². The topological polar surface area (TPSA) is 87.1 Å². The highest BCUT2D eigenvalue weighted by atomic mass is 19.4. The van der Waals surface area contributed by atoms with E-state index in [2.05, 4.69) is 4.74 Å². The molecule has 1 aliphatic heterocycles. The summed E-state index contributed by atoms with van der Waals surface area (Å²) >= 11 is 0. The highest BCUT2D eigenvalue weighted by molar-refractivity contribution is 6.09. The number of carbonyl (C=O) groups is 2. The summed E-state index contributed by atoms with van der Waals surface area (Å²) in [5.41, 5.74) is -15.0. The fourth-order valence-electron chi connectivity index (χ4n) is 2.82. The summed E-state index contributed by atoms with van der Waals surface area (Å²) in [6.45, 7) is -1.23. The van der Waals surface area contributed by atoms with Gasteiger partial charge in [0.2, 0.25) is 0 Å². The average molecular weight is 455 g/mol. The first kappa shape index (κ1) is 23.7. The van der Waals surface area contributed by atoms with Gasteiger partial charge in [-0.2, -0.15) is 39.5 Å². The lowest BCUT2D eigenvalue weighted by atomic mass is 9.86. The van der Waals surface area contributed by atoms with Crippen molar-refractivity contribution in [3.63, 3.8) is 0 Å². The van der Waals surface area contributed by atoms with Gasteiger partial charge in [0, 0.05) is 11.1 Å². The minimum Gasteiger partial charge on any atom is -0.468 e. The van der Waals surface area contributed by atoms with Gasteiger partial charge in [0.15, 0.2) is 0 Å². The number of carbonyl (C=O) groups excluding carboxylic acids is 2. The van der Waals surface area contributed by atoms with Crippen LogP contribution < -0.4 is 4.90 Å². The van der Waals surface area contributed by atoms with E-state index in [0.717, 1.165) is 7.11 Å². The van der Waals surface area contributed by atoms with Crippen LogP contribution in [-0.2, 0) is 25.5 Å². The van der Waals surface area contributed by atoms with Gasteiger partial charge in [-0.1, -0.05) is 6.07 Å². The Kier molecular flexibility index (Phi) is 5.32. The van der Waals surface area contributed by atoms with Crippen molar-refractivity contribution >= 4 is 17.6 Å². The number of alkyl halides is 9. The monoisotopic (exact) mass is 455 g/mol. The van der Waals surface area contributed by atoms with Crippen molar-refractivity contribution < 1.29 is 64.1 Å². The van der Waals surface area contributed by atoms with Gasteiger partial charge in [0.25, 0.3) is 17.1 Å². The summed E-state index contributed by atoms with van der Waals surface area (Å²) in [6.07, 6.45) is -18.8. The molecule has 1 aromatic carbocycles. The van der Waals surface area contributed by atoms with Gasteiger partial charge in [0.05, 0.1) is 12.8 Å². The summed E-state index contributed by atoms with van der Waals surface area (Å²) in [7, 11) is 0.787. The van der Waals surface area contributed by atoms with Crippen LogP contribution in [0.1, 0.15) is 11.1 Å². The van der Waals surface area contributed by atoms with Gasteiger partial charge in [-0.25, -0.2) is 0 Å². The van der Waals surface area contributed by atoms with Crippen molar-refractivity contribution in [2.75, 3.05) is 18.6 Å². The third-order valence-corrected chi connectivity index (χ3v) is 4.40. The summed E-state index contributed by atoms with van der Waals surface area (Å²) in [5, 5.41) is 19.4. The maximum atomic E-state index is 13.4. The Balaban J connectivity index is 2.83. The predicted octanol–water partition coefficient (Wildman–Crippen LogP) is 2.27. The Bertz CT molecular complexity index is 863. The minimum atomic E-state index is -6.43. The summed E-state index contributed by atoms with van der Waals surface area (Å²) in [4.78, 5) is 23.5. The zero-order chi connectivity index (χ0) is 23.5. The number of halogens is 9. The van der Waals surface area contributed by atoms with Gasteiger partial charge in [-0.15, -0.1) is 0 Å². The maximum absolute atomic E-state index is 13.4. The molecule has 30 heavy (non-hydrogen) atoms. The van der Waals surface area contributed by atoms with E-state index in [1.165, 1.54) is 0 Å². The number of amides is 1. The van der Waals surface area contributed by atoms with Gasteiger partial charge in [-0.3, -0.25) is 14.5 Å². The fraction of sp³-hybridized carbons (Fsp3) is 0.467. The van der Waals surface area contributed by atoms with Crippen LogP contribution in [0.5, 0.6) is 0 Å². The molecule has 0 aromatic heterocycles. The number of aliphatic hydroxyl groups is 2. The Hall–Kier alpha value is -2.55. The second kappa shape index (κ2) is 6.73. The van der Waals surface area contributed by atoms with Gasteiger partial charge < -0.3 is 14.9 Å². The van der Waals surface area contributed by atoms with Crippen molar-refractivity contribution in [2.45, 2.75) is 29.7 Å². The SMILES string of the molecule is COC(=O)CN1C(=O)[C@@](O)(C(F)(F)F)c2cc(C(O)(C(F)(F)F)C(F)(F)F)ccc21. The molecular weight excluding hydrogens is 445 g/mol. The number of rotatable bonds is 3. The van der Waals surface area contributed by atoms with Crippen LogP contribution in [0.3, 0.4) is 0 Å². The molecule has 1 atom stereocenters. The largest absolute Gasteiger partial charge is 0.468 e. The third kappa shape index (κ3) is 3.15. The Labute approximate surface area is 160 Å². The molecule has 0 bridgehead atoms. The smallest absolute Gasteiger partial charge is 0.430 e. The average Bonchev–Trinajstić information content (AvgIpc) is 2.81. The minimum absolute atomic E-state index is 0.0152. The van der Waals surface area contributed by atoms with Crippen molar-refractivity contribution in [3.8, 4) is 0 Å². The van der Waals surface area contributed by atoms with Crippen LogP contribution in [0.2, 0.25) is 0 Å². The summed E-state index contributed by atoms with van der Waals surface area (Å²) in [6, 6.07) is -0.254. The quantitative estimate of drug-likeness (QED) is 0.540. The second-order valence-electron chi connectivity index (χ2n) is 6.11. The van der Waals surface area contributed by atoms with Crippen LogP contribution in [0, 0.1) is 0 Å². The molecular formula is C15H10F9NO5. The molecule has 6 nitrogen and oxygen atoms in total. The standard InChI is InChI=1S/C15H10F9NO5/c1-30-9(26)5-25-8-3-2-6(12(29,14(19,20)21)15(22,23)24)4-7(8)11(28,10(25)27)13(16,17)18/h2-4,28-29H,5H2,1H3/t11-/m1/s1. The van der Waals surface area contributed by atoms with E-state index < -0.39 is 71.0 Å². The molecule has 0 radical (unpaired) electrons. The molecule has 15 heteroatoms. The summed E-state index contributed by atoms with van der Waals surface area (Å²) < 4.78 is 123. The van der Waals surface area contributed by atoms with Gasteiger partial charge >= 0.3 is 24.5 Å². The van der Waals surface area contributed by atoms with Gasteiger partial charge in [-0.05, 0) is 12.1 Å². The van der Waals surface area contributed by atoms with E-state index in [4.69, 9.17) is 0 Å². The Morgan fingerprint density at radius 2 is 1.57 bits per heavy atom. The van der Waals surface area contributed by atoms with Crippen molar-refractivity contribution in [1.82, 2.24) is 0 Å². The Morgan fingerprint density at radius 3 is 1.97 bits per heavy atom. The molecule has 2 rings (SSSR count). The zero-order valence-electron chi connectivity index (χ0n) is 14.4. The van der Waals surface area contributed by atoms with E-state index >= 15 is 0 Å². The molecule has 1 aromatic rings. The van der Waals surface area contributed by atoms with E-state index in [-0.39, 0.29) is 17.0 Å². The fourth-order valence-corrected chi connectivity index (χ4v) is 2.82. The normalized spacial score (nSPS) is 20.4. The first-order valence-corrected chi connectivity index (χ1v) is 7.52. The number of anilines is 1. The molecule has 1 aliphatic rings. The highest BCUT2D eigenvalue weighted by Crippen LogP contribution is 2.54. The number of ether oxygens (including phenoxy) is 1. The molecule has 1 heterocycles. The second-order valence-corrected chi connectivity index (χ2v) is 6.11. The van der Waals surface area contributed by atoms with Crippen LogP contribution in [0.4, 0.5) is 45.2 Å². The number of hydrogen-bond acceptors (Lipinski definition) is 5. The lowest BCUT2D eigenvalue weighted by molar-refractivity contribution is -0.376. The lowest BCUT2D eigenvalue weighted by Gasteiger charge is -2.33. The predicted molar refractivity (Wildman–Crippen MR) is 76.8 cm³/mol. The first-order chi connectivity index (χ1) is 13.3. The number of nitrogens with zero attached hydrogens (tertiary/aromatic N) is 1. The summed E-state index contributed by atoms with van der Waals surface area (Å²) in [5.74, 6) is -3.55. The third-order valence-electron chi connectivity index (χ3n) is 4.40. The van der Waals surface area contributed by atoms with Crippen LogP contribution >= 0.6 is 0 Å². The number of fused-ring (bicyclic) bond motifs is 1. The van der Waals surface area contributed by atoms with Crippen molar-refractivity contribution in [3.05, 3.63) is 29.3 Å². The zero-order valence-corrected chi connectivity index (χ0v) is 14.4. The first-order valence-electron chi connectivity index (χ1n) is 7.52. The molecule has 168 valence electrons. The van der Waals surface area contributed by atoms with Crippen molar-refractivity contribution in [1.29, 1.82) is 0 Å². The molecule has 0 fully saturated rings. The molecule has 0 saturated carbocycles. The molecule has 0 aliphatic carbocycles. The number of esters is 1. The number of benzene rings is 1. The van der Waals surface area contributed by atoms with E-state index in [1.54, 1.807) is 0 Å². The molecule has 0 saturated heterocycles. The van der Waals surface area contributed by atoms with Crippen LogP contribution in [0.25, 0.3) is 0 Å². The maximum Gasteiger partial charge on any atom is 0.430 e. The highest BCUT2D eigenvalue weighted by Gasteiger charge is 2.73. The van der Waals surface area contributed by atoms with Crippen LogP contribution in [-0.4, -0.2) is 54.3 Å². The number of methoxy groups -OCH3 is 1. The molecule has 0 spiro atoms. The van der Waals surface area contributed by atoms with Crippen LogP contribution in [0.15, 0.2) is 18.2 Å². The van der Waals surface area contributed by atoms with Crippen molar-refractivity contribution in [2.24, 2.45) is 0 Å². The van der Waals surface area contributed by atoms with E-state index in [1.807, 2.05) is 0 Å². The molecule has 0 unspecified atom stereocenters. The van der Waals surface area contributed by atoms with E-state index in [0.29, 0.717) is 0 Å². The van der Waals surface area contributed by atoms with E-state index in [9.17, 15) is 59.3 Å².